The summed E-state index contributed by atoms with van der Waals surface area (Å²) in [7, 11) is 0. The highest BCUT2D eigenvalue weighted by molar-refractivity contribution is 5.97. The lowest BCUT2D eigenvalue weighted by Gasteiger charge is -2.61. The number of hydrogen-bond acceptors (Lipinski definition) is 5. The van der Waals surface area contributed by atoms with Gasteiger partial charge in [0.1, 0.15) is 12.1 Å². The van der Waals surface area contributed by atoms with Gasteiger partial charge in [-0.15, -0.1) is 0 Å². The number of piperazine rings is 1. The van der Waals surface area contributed by atoms with Gasteiger partial charge in [0.15, 0.2) is 0 Å². The second-order valence-corrected chi connectivity index (χ2v) is 16.2. The minimum Gasteiger partial charge on any atom is -0.357 e. The molecule has 0 bridgehead atoms. The summed E-state index contributed by atoms with van der Waals surface area (Å²) in [6.45, 7) is 14.3. The molecule has 0 aromatic heterocycles. The number of amides is 2. The number of carbonyl (C=O) groups is 2. The zero-order chi connectivity index (χ0) is 28.6. The fraction of sp³-hybridized carbons (Fsp3) is 0.941. The third-order valence-corrected chi connectivity index (χ3v) is 14.3. The van der Waals surface area contributed by atoms with E-state index in [1.54, 1.807) is 0 Å². The molecule has 0 aromatic rings. The molecule has 3 saturated heterocycles. The average Bonchev–Trinajstić information content (AvgIpc) is 3.40. The number of carbonyl (C=O) groups excluding carboxylic acids is 2. The molecule has 2 amide bonds. The Balaban J connectivity index is 0.984. The summed E-state index contributed by atoms with van der Waals surface area (Å²) in [5.41, 5.74) is 0.716. The van der Waals surface area contributed by atoms with E-state index in [2.05, 4.69) is 43.6 Å². The molecule has 0 aromatic carbocycles. The van der Waals surface area contributed by atoms with Crippen molar-refractivity contribution in [2.75, 3.05) is 32.7 Å². The number of nitrogens with zero attached hydrogens (tertiary/aromatic N) is 1. The molecule has 3 heterocycles. The Kier molecular flexibility index (Phi) is 7.30. The van der Waals surface area contributed by atoms with Gasteiger partial charge in [-0.3, -0.25) is 14.9 Å². The molecule has 7 fully saturated rings. The first-order valence-electron chi connectivity index (χ1n) is 17.3. The van der Waals surface area contributed by atoms with Crippen molar-refractivity contribution in [2.24, 2.45) is 52.3 Å². The fourth-order valence-electron chi connectivity index (χ4n) is 12.0. The van der Waals surface area contributed by atoms with E-state index in [0.717, 1.165) is 56.1 Å². The SMILES string of the molecule is C[C@@H]1CC[C@@]2(NC1)O[C@H]1C[C@H]3[C@@H]4CC[C@H]5C[C@@H](NC(=O)CC(=O)N6CCNCC6)CC[C@]5(C)[C@H]4CC[C@]3(C)[C@H]1[C@@H]2C. The van der Waals surface area contributed by atoms with Crippen LogP contribution in [0.1, 0.15) is 98.3 Å². The third-order valence-electron chi connectivity index (χ3n) is 14.3. The fourth-order valence-corrected chi connectivity index (χ4v) is 12.0. The van der Waals surface area contributed by atoms with E-state index in [1.807, 2.05) is 4.90 Å². The van der Waals surface area contributed by atoms with Crippen molar-refractivity contribution in [1.29, 1.82) is 0 Å². The molecule has 7 rings (SSSR count). The molecule has 12 atom stereocenters. The second kappa shape index (κ2) is 10.5. The van der Waals surface area contributed by atoms with Gasteiger partial charge in [0.05, 0.1) is 6.10 Å². The summed E-state index contributed by atoms with van der Waals surface area (Å²) >= 11 is 0. The molecular formula is C34H56N4O3. The lowest BCUT2D eigenvalue weighted by atomic mass is 9.44. The first-order chi connectivity index (χ1) is 19.6. The standard InChI is InChI=1S/C34H56N4O3/c1-21-7-12-34(36-20-21)22(2)31-28(41-34)18-27-25-6-5-23-17-24(8-10-32(23,3)26(25)9-11-33(27,31)4)37-29(39)19-30(40)38-15-13-35-14-16-38/h21-28,31,35-36H,5-20H2,1-4H3,(H,37,39)/t21-,22+,23+,24+,25-,26+,27+,28+,31+,32+,33+,34-/m1/s1. The van der Waals surface area contributed by atoms with Gasteiger partial charge in [0.25, 0.3) is 0 Å². The predicted octanol–water partition coefficient (Wildman–Crippen LogP) is 4.31. The maximum Gasteiger partial charge on any atom is 0.232 e. The van der Waals surface area contributed by atoms with E-state index < -0.39 is 0 Å². The Hall–Kier alpha value is -1.18. The Morgan fingerprint density at radius 1 is 0.927 bits per heavy atom. The molecule has 7 heteroatoms. The maximum atomic E-state index is 12.9. The molecule has 7 nitrogen and oxygen atoms in total. The van der Waals surface area contributed by atoms with Crippen molar-refractivity contribution in [3.8, 4) is 0 Å². The molecule has 230 valence electrons. The van der Waals surface area contributed by atoms with Gasteiger partial charge in [-0.25, -0.2) is 0 Å². The van der Waals surface area contributed by atoms with Gasteiger partial charge < -0.3 is 20.3 Å². The summed E-state index contributed by atoms with van der Waals surface area (Å²) in [5, 5.41) is 10.5. The minimum absolute atomic E-state index is 0.00204. The summed E-state index contributed by atoms with van der Waals surface area (Å²) in [4.78, 5) is 27.3. The highest BCUT2D eigenvalue weighted by Crippen LogP contribution is 2.71. The lowest BCUT2D eigenvalue weighted by Crippen LogP contribution is -2.58. The Labute approximate surface area is 248 Å². The van der Waals surface area contributed by atoms with Gasteiger partial charge in [0.2, 0.25) is 11.8 Å². The van der Waals surface area contributed by atoms with Crippen LogP contribution < -0.4 is 16.0 Å². The lowest BCUT2D eigenvalue weighted by molar-refractivity contribution is -0.139. The number of piperidine rings is 1. The van der Waals surface area contributed by atoms with Crippen molar-refractivity contribution in [2.45, 2.75) is 116 Å². The van der Waals surface area contributed by atoms with Crippen molar-refractivity contribution in [3.63, 3.8) is 0 Å². The molecule has 0 unspecified atom stereocenters. The molecule has 4 saturated carbocycles. The van der Waals surface area contributed by atoms with Gasteiger partial charge >= 0.3 is 0 Å². The second-order valence-electron chi connectivity index (χ2n) is 16.2. The first kappa shape index (κ1) is 28.6. The molecule has 41 heavy (non-hydrogen) atoms. The quantitative estimate of drug-likeness (QED) is 0.442. The van der Waals surface area contributed by atoms with Crippen molar-refractivity contribution >= 4 is 11.8 Å². The van der Waals surface area contributed by atoms with Crippen LogP contribution in [0.5, 0.6) is 0 Å². The molecule has 1 spiro atoms. The Morgan fingerprint density at radius 3 is 2.46 bits per heavy atom. The predicted molar refractivity (Wildman–Crippen MR) is 160 cm³/mol. The van der Waals surface area contributed by atoms with Crippen LogP contribution >= 0.6 is 0 Å². The minimum atomic E-state index is -0.0747. The van der Waals surface area contributed by atoms with E-state index in [4.69, 9.17) is 4.74 Å². The Bertz CT molecular complexity index is 1020. The zero-order valence-corrected chi connectivity index (χ0v) is 26.2. The van der Waals surface area contributed by atoms with Crippen LogP contribution in [0.2, 0.25) is 0 Å². The normalized spacial score (nSPS) is 50.9. The average molecular weight is 569 g/mol. The van der Waals surface area contributed by atoms with Crippen LogP contribution in [0.15, 0.2) is 0 Å². The van der Waals surface area contributed by atoms with Crippen LogP contribution in [0.3, 0.4) is 0 Å². The Morgan fingerprint density at radius 2 is 1.71 bits per heavy atom. The number of rotatable bonds is 3. The molecule has 7 aliphatic rings. The van der Waals surface area contributed by atoms with Gasteiger partial charge in [-0.2, -0.15) is 0 Å². The zero-order valence-electron chi connectivity index (χ0n) is 26.2. The number of ether oxygens (including phenoxy) is 1. The van der Waals surface area contributed by atoms with Gasteiger partial charge in [-0.05, 0) is 111 Å². The summed E-state index contributed by atoms with van der Waals surface area (Å²) in [6, 6.07) is 0.226. The smallest absolute Gasteiger partial charge is 0.232 e. The van der Waals surface area contributed by atoms with Gasteiger partial charge in [0, 0.05) is 44.7 Å². The third kappa shape index (κ3) is 4.61. The van der Waals surface area contributed by atoms with E-state index in [9.17, 15) is 9.59 Å². The van der Waals surface area contributed by atoms with Crippen molar-refractivity contribution in [3.05, 3.63) is 0 Å². The maximum absolute atomic E-state index is 12.9. The highest BCUT2D eigenvalue weighted by atomic mass is 16.5. The van der Waals surface area contributed by atoms with Crippen LogP contribution in [-0.2, 0) is 14.3 Å². The number of nitrogens with one attached hydrogen (secondary N) is 3. The van der Waals surface area contributed by atoms with Crippen LogP contribution in [-0.4, -0.2) is 67.3 Å². The number of hydrogen-bond donors (Lipinski definition) is 3. The molecule has 3 aliphatic heterocycles. The highest BCUT2D eigenvalue weighted by Gasteiger charge is 2.68. The van der Waals surface area contributed by atoms with E-state index in [1.165, 1.54) is 51.4 Å². The number of fused-ring (bicyclic) bond motifs is 7. The van der Waals surface area contributed by atoms with Crippen molar-refractivity contribution < 1.29 is 14.3 Å². The summed E-state index contributed by atoms with van der Waals surface area (Å²) in [6.07, 6.45) is 12.9. The summed E-state index contributed by atoms with van der Waals surface area (Å²) in [5.74, 6) is 5.07. The van der Waals surface area contributed by atoms with E-state index >= 15 is 0 Å². The molecular weight excluding hydrogens is 512 g/mol. The van der Waals surface area contributed by atoms with Gasteiger partial charge in [-0.1, -0.05) is 27.7 Å². The molecule has 0 radical (unpaired) electrons. The first-order valence-corrected chi connectivity index (χ1v) is 17.3. The van der Waals surface area contributed by atoms with Crippen molar-refractivity contribution in [1.82, 2.24) is 20.9 Å². The summed E-state index contributed by atoms with van der Waals surface area (Å²) < 4.78 is 7.08. The monoisotopic (exact) mass is 568 g/mol. The topological polar surface area (TPSA) is 82.7 Å². The van der Waals surface area contributed by atoms with E-state index in [-0.39, 0.29) is 30.0 Å². The molecule has 3 N–H and O–H groups in total. The van der Waals surface area contributed by atoms with E-state index in [0.29, 0.717) is 47.8 Å². The van der Waals surface area contributed by atoms with Crippen LogP contribution in [0.25, 0.3) is 0 Å². The molecule has 4 aliphatic carbocycles. The largest absolute Gasteiger partial charge is 0.357 e. The van der Waals surface area contributed by atoms with Crippen LogP contribution in [0, 0.1) is 52.3 Å². The van der Waals surface area contributed by atoms with Crippen LogP contribution in [0.4, 0.5) is 0 Å².